The van der Waals surface area contributed by atoms with Crippen LogP contribution in [0.15, 0.2) is 73.1 Å². The first kappa shape index (κ1) is 29.9. The van der Waals surface area contributed by atoms with Gasteiger partial charge in [-0.3, -0.25) is 9.59 Å². The van der Waals surface area contributed by atoms with E-state index in [2.05, 4.69) is 32.5 Å². The molecule has 2 aliphatic rings. The zero-order chi connectivity index (χ0) is 31.6. The van der Waals surface area contributed by atoms with Gasteiger partial charge in [-0.25, -0.2) is 18.7 Å². The highest BCUT2D eigenvalue weighted by Crippen LogP contribution is 2.39. The SMILES string of the molecule is COc1cc2c(Oc3ccc(NC(=O)C4(C(=O)Nc5ccc(F)cc5)C=C4)cc3F)ncnc2cc1OCC1CCN(C)CC1. The van der Waals surface area contributed by atoms with Gasteiger partial charge >= 0.3 is 0 Å². The number of piperidine rings is 1. The van der Waals surface area contributed by atoms with Gasteiger partial charge < -0.3 is 29.7 Å². The van der Waals surface area contributed by atoms with E-state index in [1.54, 1.807) is 12.1 Å². The molecular formula is C33H31F2N5O5. The van der Waals surface area contributed by atoms with Gasteiger partial charge in [0.05, 0.1) is 24.6 Å². The predicted molar refractivity (Wildman–Crippen MR) is 164 cm³/mol. The van der Waals surface area contributed by atoms with Crippen LogP contribution in [0.5, 0.6) is 23.1 Å². The Morgan fingerprint density at radius 2 is 1.60 bits per heavy atom. The summed E-state index contributed by atoms with van der Waals surface area (Å²) in [6.07, 6.45) is 6.29. The summed E-state index contributed by atoms with van der Waals surface area (Å²) in [7, 11) is 3.65. The Hall–Kier alpha value is -5.10. The van der Waals surface area contributed by atoms with E-state index in [0.717, 1.165) is 32.0 Å². The molecule has 10 nitrogen and oxygen atoms in total. The summed E-state index contributed by atoms with van der Waals surface area (Å²) in [5, 5.41) is 5.64. The summed E-state index contributed by atoms with van der Waals surface area (Å²) in [6.45, 7) is 2.64. The Balaban J connectivity index is 1.13. The lowest BCUT2D eigenvalue weighted by Gasteiger charge is -2.28. The van der Waals surface area contributed by atoms with Gasteiger partial charge in [0.1, 0.15) is 12.1 Å². The number of aromatic nitrogens is 2. The number of ether oxygens (including phenoxy) is 3. The fourth-order valence-electron chi connectivity index (χ4n) is 5.09. The number of halogens is 2. The van der Waals surface area contributed by atoms with Gasteiger partial charge in [-0.05, 0) is 81.4 Å². The third-order valence-electron chi connectivity index (χ3n) is 7.95. The Labute approximate surface area is 258 Å². The highest BCUT2D eigenvalue weighted by molar-refractivity contribution is 6.21. The summed E-state index contributed by atoms with van der Waals surface area (Å²) in [5.74, 6) is -1.06. The molecule has 0 radical (unpaired) electrons. The molecular weight excluding hydrogens is 584 g/mol. The van der Waals surface area contributed by atoms with Gasteiger partial charge in [0.15, 0.2) is 28.5 Å². The molecule has 1 fully saturated rings. The minimum atomic E-state index is -1.53. The molecule has 0 bridgehead atoms. The van der Waals surface area contributed by atoms with Crippen molar-refractivity contribution in [1.82, 2.24) is 14.9 Å². The van der Waals surface area contributed by atoms with Crippen LogP contribution in [0.4, 0.5) is 20.2 Å². The van der Waals surface area contributed by atoms with E-state index in [0.29, 0.717) is 40.6 Å². The largest absolute Gasteiger partial charge is 0.493 e. The summed E-state index contributed by atoms with van der Waals surface area (Å²) in [4.78, 5) is 36.6. The molecule has 0 saturated carbocycles. The lowest BCUT2D eigenvalue weighted by molar-refractivity contribution is -0.129. The van der Waals surface area contributed by atoms with Crippen LogP contribution in [0, 0.1) is 23.0 Å². The second-order valence-electron chi connectivity index (χ2n) is 11.1. The van der Waals surface area contributed by atoms with Crippen LogP contribution in [0.25, 0.3) is 10.9 Å². The lowest BCUT2D eigenvalue weighted by Crippen LogP contribution is -2.37. The van der Waals surface area contributed by atoms with Crippen molar-refractivity contribution in [2.75, 3.05) is 44.5 Å². The number of methoxy groups -OCH3 is 1. The van der Waals surface area contributed by atoms with Crippen molar-refractivity contribution in [1.29, 1.82) is 0 Å². The summed E-state index contributed by atoms with van der Waals surface area (Å²) in [6, 6.07) is 12.5. The molecule has 1 aliphatic carbocycles. The zero-order valence-electron chi connectivity index (χ0n) is 24.7. The second-order valence-corrected chi connectivity index (χ2v) is 11.1. The molecule has 3 aromatic carbocycles. The van der Waals surface area contributed by atoms with E-state index >= 15 is 4.39 Å². The molecule has 4 aromatic rings. The molecule has 232 valence electrons. The number of hydrogen-bond acceptors (Lipinski definition) is 8. The second kappa shape index (κ2) is 12.5. The smallest absolute Gasteiger partial charge is 0.247 e. The molecule has 0 unspecified atom stereocenters. The minimum Gasteiger partial charge on any atom is -0.493 e. The van der Waals surface area contributed by atoms with Crippen LogP contribution in [-0.4, -0.2) is 60.5 Å². The Morgan fingerprint density at radius 1 is 0.911 bits per heavy atom. The lowest BCUT2D eigenvalue weighted by atomic mass is 9.98. The third-order valence-corrected chi connectivity index (χ3v) is 7.95. The van der Waals surface area contributed by atoms with E-state index in [1.165, 1.54) is 62.0 Å². The summed E-state index contributed by atoms with van der Waals surface area (Å²) >= 11 is 0. The van der Waals surface area contributed by atoms with Crippen molar-refractivity contribution < 1.29 is 32.6 Å². The van der Waals surface area contributed by atoms with E-state index in [1.807, 2.05) is 0 Å². The number of nitrogens with zero attached hydrogens (tertiary/aromatic N) is 3. The molecule has 6 rings (SSSR count). The predicted octanol–water partition coefficient (Wildman–Crippen LogP) is 5.56. The number of hydrogen-bond donors (Lipinski definition) is 2. The van der Waals surface area contributed by atoms with Gasteiger partial charge in [-0.2, -0.15) is 0 Å². The molecule has 2 amide bonds. The van der Waals surface area contributed by atoms with Crippen LogP contribution >= 0.6 is 0 Å². The highest BCUT2D eigenvalue weighted by Gasteiger charge is 2.49. The number of fused-ring (bicyclic) bond motifs is 1. The van der Waals surface area contributed by atoms with Gasteiger partial charge in [-0.1, -0.05) is 12.2 Å². The average Bonchev–Trinajstić information content (AvgIpc) is 3.85. The summed E-state index contributed by atoms with van der Waals surface area (Å²) in [5.41, 5.74) is -0.548. The maximum atomic E-state index is 15.2. The van der Waals surface area contributed by atoms with Gasteiger partial charge in [0.2, 0.25) is 17.7 Å². The van der Waals surface area contributed by atoms with Crippen molar-refractivity contribution in [3.8, 4) is 23.1 Å². The van der Waals surface area contributed by atoms with Crippen molar-refractivity contribution in [3.05, 3.63) is 84.7 Å². The number of carbonyl (C=O) groups is 2. The van der Waals surface area contributed by atoms with Crippen molar-refractivity contribution in [2.45, 2.75) is 12.8 Å². The zero-order valence-corrected chi connectivity index (χ0v) is 24.7. The number of benzene rings is 3. The van der Waals surface area contributed by atoms with Crippen molar-refractivity contribution >= 4 is 34.1 Å². The monoisotopic (exact) mass is 615 g/mol. The number of amides is 2. The first-order chi connectivity index (χ1) is 21.7. The first-order valence-electron chi connectivity index (χ1n) is 14.4. The third kappa shape index (κ3) is 6.55. The van der Waals surface area contributed by atoms with Crippen molar-refractivity contribution in [2.24, 2.45) is 11.3 Å². The fraction of sp³-hybridized carbons (Fsp3) is 0.273. The molecule has 12 heteroatoms. The molecule has 2 heterocycles. The number of nitrogens with one attached hydrogen (secondary N) is 2. The van der Waals surface area contributed by atoms with Gasteiger partial charge in [0.25, 0.3) is 0 Å². The Bertz CT molecular complexity index is 1770. The highest BCUT2D eigenvalue weighted by atomic mass is 19.1. The van der Waals surface area contributed by atoms with Crippen LogP contribution in [0.2, 0.25) is 0 Å². The molecule has 0 spiro atoms. The Kier molecular flexibility index (Phi) is 8.31. The van der Waals surface area contributed by atoms with Crippen LogP contribution in [0.3, 0.4) is 0 Å². The number of anilines is 2. The molecule has 0 atom stereocenters. The minimum absolute atomic E-state index is 0.106. The van der Waals surface area contributed by atoms with Crippen LogP contribution < -0.4 is 24.8 Å². The molecule has 1 aliphatic heterocycles. The average molecular weight is 616 g/mol. The topological polar surface area (TPSA) is 115 Å². The van der Waals surface area contributed by atoms with Gasteiger partial charge in [0, 0.05) is 23.5 Å². The maximum absolute atomic E-state index is 15.2. The van der Waals surface area contributed by atoms with E-state index in [4.69, 9.17) is 14.2 Å². The molecule has 2 N–H and O–H groups in total. The standard InChI is InChI=1S/C33H31F2N5O5/c1-40-13-9-20(10-14-40)18-44-29-17-26-24(16-28(29)43-2)30(37-19-36-26)45-27-8-7-23(15-25(27)35)39-32(42)33(11-12-33)31(41)38-22-5-3-21(34)4-6-22/h3-8,11-12,15-17,19-20H,9-10,13-14,18H2,1-2H3,(H,38,41)(H,39,42). The number of carbonyl (C=O) groups excluding carboxylic acids is 2. The van der Waals surface area contributed by atoms with E-state index in [-0.39, 0.29) is 17.3 Å². The first-order valence-corrected chi connectivity index (χ1v) is 14.4. The quantitative estimate of drug-likeness (QED) is 0.176. The summed E-state index contributed by atoms with van der Waals surface area (Å²) < 4.78 is 45.9. The number of likely N-dealkylation sites (tertiary alicyclic amines) is 1. The van der Waals surface area contributed by atoms with E-state index in [9.17, 15) is 14.0 Å². The Morgan fingerprint density at radius 3 is 2.27 bits per heavy atom. The van der Waals surface area contributed by atoms with Crippen molar-refractivity contribution in [3.63, 3.8) is 0 Å². The maximum Gasteiger partial charge on any atom is 0.247 e. The normalized spacial score (nSPS) is 15.8. The molecule has 1 aromatic heterocycles. The van der Waals surface area contributed by atoms with Crippen LogP contribution in [-0.2, 0) is 9.59 Å². The number of rotatable bonds is 10. The molecule has 45 heavy (non-hydrogen) atoms. The van der Waals surface area contributed by atoms with Gasteiger partial charge in [-0.15, -0.1) is 0 Å². The fourth-order valence-corrected chi connectivity index (χ4v) is 5.09. The van der Waals surface area contributed by atoms with Crippen LogP contribution in [0.1, 0.15) is 12.8 Å². The molecule has 1 saturated heterocycles. The van der Waals surface area contributed by atoms with E-state index < -0.39 is 28.9 Å².